The predicted octanol–water partition coefficient (Wildman–Crippen LogP) is 5.31. The zero-order chi connectivity index (χ0) is 26.7. The van der Waals surface area contributed by atoms with Gasteiger partial charge in [0.05, 0.1) is 31.3 Å². The largest absolute Gasteiger partial charge is 0.493 e. The van der Waals surface area contributed by atoms with Crippen molar-refractivity contribution in [1.82, 2.24) is 4.90 Å². The number of nitrogens with zero attached hydrogens (tertiary/aromatic N) is 2. The molecule has 0 saturated heterocycles. The number of carbonyl (C=O) groups excluding carboxylic acids is 1. The van der Waals surface area contributed by atoms with Gasteiger partial charge in [0.15, 0.2) is 17.3 Å². The average Bonchev–Trinajstić information content (AvgIpc) is 2.86. The van der Waals surface area contributed by atoms with Crippen LogP contribution in [0.3, 0.4) is 0 Å². The molecule has 0 unspecified atom stereocenters. The highest BCUT2D eigenvalue weighted by molar-refractivity contribution is 6.31. The number of hydrogen-bond acceptors (Lipinski definition) is 7. The van der Waals surface area contributed by atoms with Gasteiger partial charge in [0.1, 0.15) is 12.4 Å². The summed E-state index contributed by atoms with van der Waals surface area (Å²) >= 11 is 6.27. The fourth-order valence-corrected chi connectivity index (χ4v) is 5.29. The number of rotatable bonds is 8. The Balaban J connectivity index is 1.76. The van der Waals surface area contributed by atoms with E-state index in [1.54, 1.807) is 20.3 Å². The minimum Gasteiger partial charge on any atom is -0.493 e. The standard InChI is InChI=1S/C29H32ClN3O4/c1-29(2)14-22-27(23(34)15-29)26(20(16-31)28(32)33(22)11-12-35-3)18-9-10-24(25(13-18)36-4)37-17-19-7-5-6-8-21(19)30/h5-10,13,26H,11-12,14-15,17,32H2,1-4H3/t26-/m0/s1. The lowest BCUT2D eigenvalue weighted by Crippen LogP contribution is -2.43. The number of methoxy groups -OCH3 is 2. The second-order valence-corrected chi connectivity index (χ2v) is 10.5. The molecule has 37 heavy (non-hydrogen) atoms. The number of ketones is 1. The Morgan fingerprint density at radius 1 is 1.16 bits per heavy atom. The summed E-state index contributed by atoms with van der Waals surface area (Å²) in [5, 5.41) is 10.8. The van der Waals surface area contributed by atoms with E-state index in [0.717, 1.165) is 16.8 Å². The lowest BCUT2D eigenvalue weighted by atomic mass is 9.68. The second kappa shape index (κ2) is 10.9. The van der Waals surface area contributed by atoms with Crippen molar-refractivity contribution in [1.29, 1.82) is 5.26 Å². The summed E-state index contributed by atoms with van der Waals surface area (Å²) < 4.78 is 16.9. The first-order chi connectivity index (χ1) is 17.7. The maximum absolute atomic E-state index is 13.6. The van der Waals surface area contributed by atoms with Crippen molar-refractivity contribution >= 4 is 17.4 Å². The van der Waals surface area contributed by atoms with Gasteiger partial charge in [-0.15, -0.1) is 0 Å². The third-order valence-corrected chi connectivity index (χ3v) is 7.24. The summed E-state index contributed by atoms with van der Waals surface area (Å²) in [4.78, 5) is 15.5. The first-order valence-electron chi connectivity index (χ1n) is 12.2. The van der Waals surface area contributed by atoms with E-state index in [1.807, 2.05) is 41.3 Å². The molecule has 0 aromatic heterocycles. The van der Waals surface area contributed by atoms with Crippen LogP contribution in [0.15, 0.2) is 65.1 Å². The van der Waals surface area contributed by atoms with Crippen molar-refractivity contribution in [2.45, 2.75) is 39.2 Å². The molecule has 4 rings (SSSR count). The van der Waals surface area contributed by atoms with Gasteiger partial charge in [0.2, 0.25) is 0 Å². The highest BCUT2D eigenvalue weighted by Crippen LogP contribution is 2.49. The van der Waals surface area contributed by atoms with Crippen LogP contribution in [0.4, 0.5) is 0 Å². The highest BCUT2D eigenvalue weighted by atomic mass is 35.5. The number of allylic oxidation sites excluding steroid dienone is 3. The topological polar surface area (TPSA) is 97.8 Å². The maximum Gasteiger partial charge on any atom is 0.162 e. The molecule has 1 heterocycles. The summed E-state index contributed by atoms with van der Waals surface area (Å²) in [5.41, 5.74) is 9.78. The van der Waals surface area contributed by atoms with E-state index in [4.69, 9.17) is 31.5 Å². The zero-order valence-corrected chi connectivity index (χ0v) is 22.4. The number of nitriles is 1. The predicted molar refractivity (Wildman–Crippen MR) is 142 cm³/mol. The Kier molecular flexibility index (Phi) is 7.82. The van der Waals surface area contributed by atoms with E-state index < -0.39 is 5.92 Å². The lowest BCUT2D eigenvalue weighted by molar-refractivity contribution is -0.118. The van der Waals surface area contributed by atoms with Crippen LogP contribution in [0.2, 0.25) is 5.02 Å². The van der Waals surface area contributed by atoms with Gasteiger partial charge in [-0.2, -0.15) is 5.26 Å². The van der Waals surface area contributed by atoms with Crippen LogP contribution in [0.1, 0.15) is 43.7 Å². The minimum atomic E-state index is -0.589. The van der Waals surface area contributed by atoms with Gasteiger partial charge in [-0.1, -0.05) is 49.7 Å². The molecule has 2 aromatic rings. The zero-order valence-electron chi connectivity index (χ0n) is 21.6. The van der Waals surface area contributed by atoms with E-state index in [9.17, 15) is 10.1 Å². The van der Waals surface area contributed by atoms with Crippen molar-refractivity contribution < 1.29 is 19.0 Å². The molecule has 194 valence electrons. The van der Waals surface area contributed by atoms with Crippen LogP contribution >= 0.6 is 11.6 Å². The Labute approximate surface area is 223 Å². The molecule has 2 N–H and O–H groups in total. The van der Waals surface area contributed by atoms with E-state index in [0.29, 0.717) is 59.5 Å². The molecular formula is C29H32ClN3O4. The third-order valence-electron chi connectivity index (χ3n) is 6.87. The van der Waals surface area contributed by atoms with E-state index in [2.05, 4.69) is 19.9 Å². The van der Waals surface area contributed by atoms with Gasteiger partial charge >= 0.3 is 0 Å². The SMILES string of the molecule is COCCN1C(N)=C(C#N)[C@H](c2ccc(OCc3ccccc3Cl)c(OC)c2)C2=C1CC(C)(C)CC2=O. The first kappa shape index (κ1) is 26.6. The van der Waals surface area contributed by atoms with Crippen molar-refractivity contribution in [3.63, 3.8) is 0 Å². The molecule has 1 atom stereocenters. The number of benzene rings is 2. The molecule has 7 nitrogen and oxygen atoms in total. The number of hydrogen-bond donors (Lipinski definition) is 1. The minimum absolute atomic E-state index is 0.0249. The monoisotopic (exact) mass is 521 g/mol. The van der Waals surface area contributed by atoms with Gasteiger partial charge in [0.25, 0.3) is 0 Å². The van der Waals surface area contributed by atoms with E-state index >= 15 is 0 Å². The van der Waals surface area contributed by atoms with Crippen LogP contribution in [-0.4, -0.2) is 38.1 Å². The third kappa shape index (κ3) is 5.31. The van der Waals surface area contributed by atoms with Gasteiger partial charge in [0, 0.05) is 41.9 Å². The summed E-state index contributed by atoms with van der Waals surface area (Å²) in [7, 11) is 3.17. The van der Waals surface area contributed by atoms with Crippen molar-refractivity contribution in [2.24, 2.45) is 11.1 Å². The molecule has 0 saturated carbocycles. The maximum atomic E-state index is 13.6. The Bertz CT molecular complexity index is 1310. The van der Waals surface area contributed by atoms with Gasteiger partial charge in [-0.25, -0.2) is 0 Å². The molecule has 0 bridgehead atoms. The molecule has 1 aliphatic carbocycles. The molecule has 2 aromatic carbocycles. The molecular weight excluding hydrogens is 490 g/mol. The highest BCUT2D eigenvalue weighted by Gasteiger charge is 2.44. The smallest absolute Gasteiger partial charge is 0.162 e. The van der Waals surface area contributed by atoms with Crippen molar-refractivity contribution in [3.05, 3.63) is 81.3 Å². The molecule has 2 aliphatic rings. The number of Topliss-reactive ketones (excluding diaryl/α,β-unsaturated/α-hetero) is 1. The summed E-state index contributed by atoms with van der Waals surface area (Å²) in [6, 6.07) is 15.2. The Hall–Kier alpha value is -3.47. The van der Waals surface area contributed by atoms with Crippen LogP contribution < -0.4 is 15.2 Å². The second-order valence-electron chi connectivity index (χ2n) is 10.1. The van der Waals surface area contributed by atoms with Crippen LogP contribution in [0.25, 0.3) is 0 Å². The molecule has 1 aliphatic heterocycles. The van der Waals surface area contributed by atoms with Crippen molar-refractivity contribution in [3.8, 4) is 17.6 Å². The van der Waals surface area contributed by atoms with Crippen molar-refractivity contribution in [2.75, 3.05) is 27.4 Å². The Morgan fingerprint density at radius 3 is 2.59 bits per heavy atom. The number of nitrogens with two attached hydrogens (primary N) is 1. The number of carbonyl (C=O) groups is 1. The summed E-state index contributed by atoms with van der Waals surface area (Å²) in [5.74, 6) is 0.815. The van der Waals surface area contributed by atoms with Crippen LogP contribution in [0, 0.1) is 16.7 Å². The van der Waals surface area contributed by atoms with E-state index in [1.165, 1.54) is 0 Å². The fraction of sp³-hybridized carbons (Fsp3) is 0.379. The van der Waals surface area contributed by atoms with Gasteiger partial charge in [-0.3, -0.25) is 4.79 Å². The molecule has 0 spiro atoms. The molecule has 0 amide bonds. The first-order valence-corrected chi connectivity index (χ1v) is 12.5. The number of ether oxygens (including phenoxy) is 3. The lowest BCUT2D eigenvalue weighted by Gasteiger charge is -2.43. The molecule has 0 radical (unpaired) electrons. The number of halogens is 1. The van der Waals surface area contributed by atoms with E-state index in [-0.39, 0.29) is 17.8 Å². The molecule has 0 fully saturated rings. The van der Waals surface area contributed by atoms with Gasteiger partial charge in [-0.05, 0) is 35.6 Å². The average molecular weight is 522 g/mol. The normalized spacial score (nSPS) is 19.0. The fourth-order valence-electron chi connectivity index (χ4n) is 5.10. The quantitative estimate of drug-likeness (QED) is 0.502. The Morgan fingerprint density at radius 2 is 1.92 bits per heavy atom. The summed E-state index contributed by atoms with van der Waals surface area (Å²) in [6.07, 6.45) is 1.07. The summed E-state index contributed by atoms with van der Waals surface area (Å²) in [6.45, 7) is 5.30. The van der Waals surface area contributed by atoms with Crippen LogP contribution in [0.5, 0.6) is 11.5 Å². The van der Waals surface area contributed by atoms with Gasteiger partial charge < -0.3 is 24.8 Å². The van der Waals surface area contributed by atoms with Crippen LogP contribution in [-0.2, 0) is 16.1 Å². The molecule has 8 heteroatoms.